The fourth-order valence-electron chi connectivity index (χ4n) is 3.29. The highest BCUT2D eigenvalue weighted by atomic mass is 16.7. The first-order valence-corrected chi connectivity index (χ1v) is 9.09. The van der Waals surface area contributed by atoms with E-state index in [1.807, 2.05) is 0 Å². The number of benzene rings is 2. The van der Waals surface area contributed by atoms with Crippen molar-refractivity contribution in [2.24, 2.45) is 0 Å². The van der Waals surface area contributed by atoms with Crippen LogP contribution in [0.25, 0.3) is 22.3 Å². The number of fused-ring (bicyclic) bond motifs is 1. The lowest BCUT2D eigenvalue weighted by atomic mass is 9.99. The molecule has 1 fully saturated rings. The van der Waals surface area contributed by atoms with Gasteiger partial charge in [0.1, 0.15) is 30.0 Å². The van der Waals surface area contributed by atoms with E-state index in [1.165, 1.54) is 0 Å². The van der Waals surface area contributed by atoms with E-state index < -0.39 is 42.7 Å². The van der Waals surface area contributed by atoms with Gasteiger partial charge >= 0.3 is 0 Å². The molecule has 0 bridgehead atoms. The van der Waals surface area contributed by atoms with Crippen molar-refractivity contribution in [3.63, 3.8) is 0 Å². The van der Waals surface area contributed by atoms with Crippen molar-refractivity contribution in [3.8, 4) is 17.1 Å². The highest BCUT2D eigenvalue weighted by molar-refractivity contribution is 5.81. The van der Waals surface area contributed by atoms with Gasteiger partial charge in [0.15, 0.2) is 5.76 Å². The molecule has 8 heteroatoms. The number of hydrogen-bond acceptors (Lipinski definition) is 8. The van der Waals surface area contributed by atoms with E-state index in [-0.39, 0.29) is 16.9 Å². The molecule has 8 nitrogen and oxygen atoms in total. The summed E-state index contributed by atoms with van der Waals surface area (Å²) in [6, 6.07) is 15.4. The van der Waals surface area contributed by atoms with Crippen LogP contribution in [0.4, 0.5) is 0 Å². The minimum atomic E-state index is -1.65. The van der Waals surface area contributed by atoms with Gasteiger partial charge in [-0.3, -0.25) is 4.79 Å². The van der Waals surface area contributed by atoms with Crippen LogP contribution in [0.3, 0.4) is 0 Å². The zero-order valence-electron chi connectivity index (χ0n) is 15.2. The molecule has 29 heavy (non-hydrogen) atoms. The molecule has 1 saturated heterocycles. The molecule has 0 spiro atoms. The lowest BCUT2D eigenvalue weighted by molar-refractivity contribution is -0.277. The monoisotopic (exact) mass is 400 g/mol. The van der Waals surface area contributed by atoms with Gasteiger partial charge in [0.25, 0.3) is 0 Å². The zero-order chi connectivity index (χ0) is 20.5. The fourth-order valence-corrected chi connectivity index (χ4v) is 3.29. The number of aliphatic hydroxyl groups is 4. The minimum Gasteiger partial charge on any atom is -0.454 e. The molecule has 0 unspecified atom stereocenters. The van der Waals surface area contributed by atoms with Gasteiger partial charge in [-0.15, -0.1) is 0 Å². The molecule has 152 valence electrons. The van der Waals surface area contributed by atoms with Crippen molar-refractivity contribution in [2.75, 3.05) is 6.61 Å². The highest BCUT2D eigenvalue weighted by Crippen LogP contribution is 2.33. The average Bonchev–Trinajstić information content (AvgIpc) is 2.76. The van der Waals surface area contributed by atoms with Crippen LogP contribution in [0.15, 0.2) is 63.8 Å². The first-order valence-electron chi connectivity index (χ1n) is 9.09. The summed E-state index contributed by atoms with van der Waals surface area (Å²) >= 11 is 0. The van der Waals surface area contributed by atoms with Gasteiger partial charge in [0.05, 0.1) is 12.0 Å². The van der Waals surface area contributed by atoms with Crippen molar-refractivity contribution in [1.82, 2.24) is 0 Å². The molecule has 2 aromatic carbocycles. The Morgan fingerprint density at radius 2 is 1.59 bits per heavy atom. The minimum absolute atomic E-state index is 0.131. The summed E-state index contributed by atoms with van der Waals surface area (Å²) in [4.78, 5) is 13.1. The lowest BCUT2D eigenvalue weighted by Gasteiger charge is -2.39. The summed E-state index contributed by atoms with van der Waals surface area (Å²) in [5.74, 6) is -0.0783. The molecule has 0 radical (unpaired) electrons. The van der Waals surface area contributed by atoms with Gasteiger partial charge in [-0.1, -0.05) is 42.5 Å². The Morgan fingerprint density at radius 1 is 0.897 bits per heavy atom. The second kappa shape index (κ2) is 7.94. The number of para-hydroxylation sites is 1. The van der Waals surface area contributed by atoms with Crippen LogP contribution in [-0.4, -0.2) is 57.7 Å². The molecule has 3 aromatic rings. The van der Waals surface area contributed by atoms with Crippen LogP contribution < -0.4 is 10.2 Å². The van der Waals surface area contributed by atoms with Crippen LogP contribution in [-0.2, 0) is 4.74 Å². The van der Waals surface area contributed by atoms with Gasteiger partial charge < -0.3 is 34.3 Å². The third-order valence-corrected chi connectivity index (χ3v) is 4.87. The summed E-state index contributed by atoms with van der Waals surface area (Å²) in [7, 11) is 0. The zero-order valence-corrected chi connectivity index (χ0v) is 15.2. The topological polar surface area (TPSA) is 130 Å². The van der Waals surface area contributed by atoms with Gasteiger partial charge in [0.2, 0.25) is 17.5 Å². The van der Waals surface area contributed by atoms with Crippen LogP contribution in [0.2, 0.25) is 0 Å². The summed E-state index contributed by atoms with van der Waals surface area (Å²) in [6.45, 7) is -0.608. The Balaban J connectivity index is 1.82. The maximum Gasteiger partial charge on any atom is 0.235 e. The third-order valence-electron chi connectivity index (χ3n) is 4.87. The fraction of sp³-hybridized carbons (Fsp3) is 0.286. The SMILES string of the molecule is O=c1c(O[C@H]2O[C@H](CO)[C@@H](O)[C@H](O)[C@H]2O)c(-c2ccccc2)oc2ccccc12. The van der Waals surface area contributed by atoms with E-state index in [9.17, 15) is 25.2 Å². The quantitative estimate of drug-likeness (QED) is 0.502. The molecule has 1 aliphatic rings. The first kappa shape index (κ1) is 19.6. The Morgan fingerprint density at radius 3 is 2.31 bits per heavy atom. The van der Waals surface area contributed by atoms with Gasteiger partial charge in [-0.05, 0) is 12.1 Å². The third kappa shape index (κ3) is 3.52. The number of ether oxygens (including phenoxy) is 2. The van der Waals surface area contributed by atoms with Crippen LogP contribution in [0.5, 0.6) is 5.75 Å². The second-order valence-corrected chi connectivity index (χ2v) is 6.77. The van der Waals surface area contributed by atoms with Gasteiger partial charge in [-0.2, -0.15) is 0 Å². The predicted molar refractivity (Wildman–Crippen MR) is 102 cm³/mol. The molecule has 0 aliphatic carbocycles. The van der Waals surface area contributed by atoms with Crippen LogP contribution in [0.1, 0.15) is 0 Å². The van der Waals surface area contributed by atoms with E-state index in [4.69, 9.17) is 13.9 Å². The van der Waals surface area contributed by atoms with Crippen molar-refractivity contribution in [2.45, 2.75) is 30.7 Å². The molecule has 0 saturated carbocycles. The molecular formula is C21H20O8. The molecule has 1 aromatic heterocycles. The maximum atomic E-state index is 13.1. The second-order valence-electron chi connectivity index (χ2n) is 6.77. The van der Waals surface area contributed by atoms with E-state index in [1.54, 1.807) is 54.6 Å². The maximum absolute atomic E-state index is 13.1. The number of aliphatic hydroxyl groups excluding tert-OH is 4. The largest absolute Gasteiger partial charge is 0.454 e. The molecule has 4 rings (SSSR count). The standard InChI is InChI=1S/C21H20O8/c22-10-14-16(24)17(25)18(26)21(28-14)29-20-15(23)12-8-4-5-9-13(12)27-19(20)11-6-2-1-3-7-11/h1-9,14,16-18,21-22,24-26H,10H2/t14-,16-,17+,18-,21-/m1/s1. The highest BCUT2D eigenvalue weighted by Gasteiger charge is 2.45. The summed E-state index contributed by atoms with van der Waals surface area (Å²) in [5.41, 5.74) is 0.440. The molecule has 2 heterocycles. The number of hydrogen-bond donors (Lipinski definition) is 4. The normalized spacial score (nSPS) is 27.1. The van der Waals surface area contributed by atoms with E-state index in [0.29, 0.717) is 11.1 Å². The smallest absolute Gasteiger partial charge is 0.235 e. The van der Waals surface area contributed by atoms with Crippen molar-refractivity contribution < 1.29 is 34.3 Å². The van der Waals surface area contributed by atoms with Crippen molar-refractivity contribution in [3.05, 3.63) is 64.8 Å². The Kier molecular flexibility index (Phi) is 5.35. The summed E-state index contributed by atoms with van der Waals surface area (Å²) in [6.07, 6.45) is -7.47. The van der Waals surface area contributed by atoms with E-state index in [0.717, 1.165) is 0 Å². The van der Waals surface area contributed by atoms with Crippen LogP contribution in [0, 0.1) is 0 Å². The van der Waals surface area contributed by atoms with Crippen LogP contribution >= 0.6 is 0 Å². The molecule has 0 amide bonds. The number of rotatable bonds is 4. The van der Waals surface area contributed by atoms with Crippen molar-refractivity contribution in [1.29, 1.82) is 0 Å². The predicted octanol–water partition coefficient (Wildman–Crippen LogP) is 0.639. The Hall–Kier alpha value is -2.75. The summed E-state index contributed by atoms with van der Waals surface area (Å²) < 4.78 is 17.0. The Bertz CT molecular complexity index is 1050. The summed E-state index contributed by atoms with van der Waals surface area (Å²) in [5, 5.41) is 39.8. The van der Waals surface area contributed by atoms with Gasteiger partial charge in [0, 0.05) is 5.56 Å². The molecule has 5 atom stereocenters. The lowest BCUT2D eigenvalue weighted by Crippen LogP contribution is -2.60. The van der Waals surface area contributed by atoms with E-state index in [2.05, 4.69) is 0 Å². The Labute approximate surface area is 165 Å². The van der Waals surface area contributed by atoms with Crippen molar-refractivity contribution >= 4 is 11.0 Å². The van der Waals surface area contributed by atoms with Gasteiger partial charge in [-0.25, -0.2) is 0 Å². The molecular weight excluding hydrogens is 380 g/mol. The van der Waals surface area contributed by atoms with E-state index >= 15 is 0 Å². The molecule has 4 N–H and O–H groups in total. The average molecular weight is 400 g/mol. The first-order chi connectivity index (χ1) is 14.0. The molecule has 1 aliphatic heterocycles.